The van der Waals surface area contributed by atoms with E-state index in [-0.39, 0.29) is 12.8 Å². The summed E-state index contributed by atoms with van der Waals surface area (Å²) in [6.07, 6.45) is 0.851. The summed E-state index contributed by atoms with van der Waals surface area (Å²) in [6.45, 7) is 4.72. The van der Waals surface area contributed by atoms with Crippen LogP contribution in [0.15, 0.2) is 188 Å². The number of hydrogen-bond donors (Lipinski definition) is 0. The molecule has 0 saturated heterocycles. The lowest BCUT2D eigenvalue weighted by atomic mass is 9.81. The summed E-state index contributed by atoms with van der Waals surface area (Å²) in [5.74, 6) is 1.97. The lowest BCUT2D eigenvalue weighted by molar-refractivity contribution is 0.660. The van der Waals surface area contributed by atoms with Crippen LogP contribution in [0.5, 0.6) is 0 Å². The third-order valence-corrected chi connectivity index (χ3v) is 12.2. The summed E-state index contributed by atoms with van der Waals surface area (Å²) in [5.41, 5.74) is 21.0. The average molecular weight is 758 g/mol. The molecule has 0 bridgehead atoms. The second kappa shape index (κ2) is 14.3. The van der Waals surface area contributed by atoms with Crippen LogP contribution in [0.4, 0.5) is 0 Å². The zero-order valence-electron chi connectivity index (χ0n) is 32.4. The van der Waals surface area contributed by atoms with Crippen molar-refractivity contribution in [2.45, 2.75) is 33.1 Å². The van der Waals surface area contributed by atoms with Crippen molar-refractivity contribution in [3.63, 3.8) is 0 Å². The molecule has 0 amide bonds. The average Bonchev–Trinajstić information content (AvgIpc) is 3.78. The van der Waals surface area contributed by atoms with Gasteiger partial charge in [-0.3, -0.25) is 0 Å². The third-order valence-electron chi connectivity index (χ3n) is 12.2. The minimum absolute atomic E-state index is 0. The number of benzene rings is 8. The number of nitrogens with zero attached hydrogens (tertiary/aromatic N) is 3. The first-order valence-electron chi connectivity index (χ1n) is 20.1. The zero-order valence-corrected chi connectivity index (χ0v) is 32.4. The minimum Gasteiger partial charge on any atom is -0.208 e. The van der Waals surface area contributed by atoms with E-state index in [1.165, 1.54) is 72.3 Å². The topological polar surface area (TPSA) is 38.7 Å². The van der Waals surface area contributed by atoms with Gasteiger partial charge < -0.3 is 0 Å². The highest BCUT2D eigenvalue weighted by Crippen LogP contribution is 2.51. The summed E-state index contributed by atoms with van der Waals surface area (Å²) < 4.78 is 0. The Morgan fingerprint density at radius 3 is 1.51 bits per heavy atom. The van der Waals surface area contributed by atoms with Gasteiger partial charge in [-0.25, -0.2) is 15.0 Å². The Kier molecular flexibility index (Phi) is 8.76. The highest BCUT2D eigenvalue weighted by Gasteiger charge is 2.35. The molecule has 8 aromatic carbocycles. The van der Waals surface area contributed by atoms with Gasteiger partial charge in [-0.05, 0) is 109 Å². The van der Waals surface area contributed by atoms with Crippen LogP contribution in [0.2, 0.25) is 0 Å². The Morgan fingerprint density at radius 1 is 0.322 bits per heavy atom. The van der Waals surface area contributed by atoms with Crippen molar-refractivity contribution in [1.82, 2.24) is 15.0 Å². The van der Waals surface area contributed by atoms with Gasteiger partial charge in [0.15, 0.2) is 17.5 Å². The molecule has 3 nitrogen and oxygen atoms in total. The molecule has 0 fully saturated rings. The Hall–Kier alpha value is -7.23. The molecule has 3 heteroatoms. The fourth-order valence-corrected chi connectivity index (χ4v) is 9.27. The molecule has 0 radical (unpaired) electrons. The van der Waals surface area contributed by atoms with Crippen molar-refractivity contribution in [2.24, 2.45) is 0 Å². The standard InChI is InChI=1S/C55H39N3.CH4/c1-55(2)50-27-13-12-24-44(50)45-29-28-38(33-51(45)55)41-31-46(35-16-6-3-7-17-35)49-34-48-42(25-15-26-43(48)47(49)32-41)39-22-14-23-40(30-39)54-57-52(36-18-8-4-9-19-36)56-53(58-54)37-20-10-5-11-21-37;/h3-33H,34H2,1-2H3;1H4. The van der Waals surface area contributed by atoms with E-state index in [1.54, 1.807) is 0 Å². The maximum Gasteiger partial charge on any atom is 0.164 e. The van der Waals surface area contributed by atoms with E-state index in [0.717, 1.165) is 28.7 Å². The maximum absolute atomic E-state index is 5.04. The van der Waals surface area contributed by atoms with Crippen LogP contribution < -0.4 is 0 Å². The lowest BCUT2D eigenvalue weighted by Crippen LogP contribution is -2.14. The van der Waals surface area contributed by atoms with Gasteiger partial charge in [-0.1, -0.05) is 185 Å². The molecule has 9 aromatic rings. The molecule has 59 heavy (non-hydrogen) atoms. The Balaban J connectivity index is 0.00000420. The van der Waals surface area contributed by atoms with Gasteiger partial charge in [0.1, 0.15) is 0 Å². The van der Waals surface area contributed by atoms with Crippen molar-refractivity contribution >= 4 is 0 Å². The number of aromatic nitrogens is 3. The van der Waals surface area contributed by atoms with Gasteiger partial charge in [0.2, 0.25) is 0 Å². The largest absolute Gasteiger partial charge is 0.208 e. The molecule has 0 atom stereocenters. The molecular formula is C56H43N3. The molecule has 0 aliphatic heterocycles. The van der Waals surface area contributed by atoms with Crippen LogP contribution in [-0.2, 0) is 11.8 Å². The molecule has 1 heterocycles. The molecule has 1 aromatic heterocycles. The molecule has 0 N–H and O–H groups in total. The second-order valence-electron chi connectivity index (χ2n) is 16.0. The summed E-state index contributed by atoms with van der Waals surface area (Å²) in [4.78, 5) is 15.0. The third kappa shape index (κ3) is 6.09. The van der Waals surface area contributed by atoms with Crippen molar-refractivity contribution in [2.75, 3.05) is 0 Å². The van der Waals surface area contributed by atoms with Crippen LogP contribution in [0.25, 0.3) is 89.8 Å². The second-order valence-corrected chi connectivity index (χ2v) is 16.0. The first-order chi connectivity index (χ1) is 28.5. The van der Waals surface area contributed by atoms with E-state index in [4.69, 9.17) is 15.0 Å². The zero-order chi connectivity index (χ0) is 38.8. The van der Waals surface area contributed by atoms with Crippen LogP contribution in [-0.4, -0.2) is 15.0 Å². The molecule has 282 valence electrons. The summed E-state index contributed by atoms with van der Waals surface area (Å²) >= 11 is 0. The van der Waals surface area contributed by atoms with Crippen LogP contribution in [0.1, 0.15) is 43.5 Å². The highest BCUT2D eigenvalue weighted by atomic mass is 15.0. The predicted molar refractivity (Wildman–Crippen MR) is 245 cm³/mol. The van der Waals surface area contributed by atoms with Gasteiger partial charge in [0.25, 0.3) is 0 Å². The van der Waals surface area contributed by atoms with Crippen LogP contribution in [0.3, 0.4) is 0 Å². The van der Waals surface area contributed by atoms with E-state index in [0.29, 0.717) is 17.5 Å². The highest BCUT2D eigenvalue weighted by molar-refractivity contribution is 5.94. The number of fused-ring (bicyclic) bond motifs is 6. The van der Waals surface area contributed by atoms with Crippen molar-refractivity contribution in [3.8, 4) is 89.8 Å². The van der Waals surface area contributed by atoms with Crippen LogP contribution in [0, 0.1) is 0 Å². The Bertz CT molecular complexity index is 2980. The van der Waals surface area contributed by atoms with Gasteiger partial charge in [0, 0.05) is 22.1 Å². The minimum atomic E-state index is -0.0650. The summed E-state index contributed by atoms with van der Waals surface area (Å²) in [5, 5.41) is 0. The normalized spacial score (nSPS) is 12.8. The van der Waals surface area contributed by atoms with Gasteiger partial charge in [-0.2, -0.15) is 0 Å². The monoisotopic (exact) mass is 757 g/mol. The number of rotatable bonds is 6. The van der Waals surface area contributed by atoms with Crippen molar-refractivity contribution in [3.05, 3.63) is 210 Å². The van der Waals surface area contributed by atoms with Gasteiger partial charge >= 0.3 is 0 Å². The molecule has 2 aliphatic carbocycles. The summed E-state index contributed by atoms with van der Waals surface area (Å²) in [6, 6.07) is 67.5. The first kappa shape index (κ1) is 36.1. The Labute approximate surface area is 346 Å². The first-order valence-corrected chi connectivity index (χ1v) is 20.1. The fraction of sp³-hybridized carbons (Fsp3) is 0.0893. The van der Waals surface area contributed by atoms with E-state index in [9.17, 15) is 0 Å². The molecule has 2 aliphatic rings. The molecular weight excluding hydrogens is 715 g/mol. The SMILES string of the molecule is C.CC1(C)c2ccccc2-c2ccc(-c3cc(-c4ccccc4)c4c(c3)-c3cccc(-c5cccc(-c6nc(-c7ccccc7)nc(-c7ccccc7)n6)c5)c3C4)cc21. The number of hydrogen-bond acceptors (Lipinski definition) is 3. The smallest absolute Gasteiger partial charge is 0.164 e. The molecule has 0 unspecified atom stereocenters. The van der Waals surface area contributed by atoms with Crippen molar-refractivity contribution in [1.29, 1.82) is 0 Å². The molecule has 0 spiro atoms. The maximum atomic E-state index is 5.04. The van der Waals surface area contributed by atoms with Crippen molar-refractivity contribution < 1.29 is 0 Å². The van der Waals surface area contributed by atoms with Crippen LogP contribution >= 0.6 is 0 Å². The fourth-order valence-electron chi connectivity index (χ4n) is 9.27. The molecule has 0 saturated carbocycles. The lowest BCUT2D eigenvalue weighted by Gasteiger charge is -2.22. The van der Waals surface area contributed by atoms with E-state index in [1.807, 2.05) is 36.4 Å². The quantitative estimate of drug-likeness (QED) is 0.170. The summed E-state index contributed by atoms with van der Waals surface area (Å²) in [7, 11) is 0. The van der Waals surface area contributed by atoms with Gasteiger partial charge in [-0.15, -0.1) is 0 Å². The predicted octanol–water partition coefficient (Wildman–Crippen LogP) is 14.4. The Morgan fingerprint density at radius 2 is 0.814 bits per heavy atom. The van der Waals surface area contributed by atoms with E-state index < -0.39 is 0 Å². The van der Waals surface area contributed by atoms with Gasteiger partial charge in [0.05, 0.1) is 0 Å². The van der Waals surface area contributed by atoms with E-state index >= 15 is 0 Å². The van der Waals surface area contributed by atoms with E-state index in [2.05, 4.69) is 166 Å². The molecule has 11 rings (SSSR count).